The van der Waals surface area contributed by atoms with E-state index in [2.05, 4.69) is 9.47 Å². The summed E-state index contributed by atoms with van der Waals surface area (Å²) in [6.07, 6.45) is -14.4. The van der Waals surface area contributed by atoms with Gasteiger partial charge in [0.25, 0.3) is 5.60 Å². The highest BCUT2D eigenvalue weighted by molar-refractivity contribution is 5.83. The summed E-state index contributed by atoms with van der Waals surface area (Å²) < 4.78 is 96.7. The number of rotatable bonds is 5. The van der Waals surface area contributed by atoms with Crippen molar-refractivity contribution in [3.8, 4) is 0 Å². The first-order valence-electron chi connectivity index (χ1n) is 6.26. The Morgan fingerprint density at radius 3 is 1.65 bits per heavy atom. The van der Waals surface area contributed by atoms with Crippen LogP contribution < -0.4 is 0 Å². The zero-order chi connectivity index (χ0) is 18.9. The summed E-state index contributed by atoms with van der Waals surface area (Å²) in [6, 6.07) is 0. The van der Waals surface area contributed by atoms with Crippen LogP contribution in [0.25, 0.3) is 0 Å². The van der Waals surface area contributed by atoms with Crippen LogP contribution in [0.3, 0.4) is 0 Å². The predicted octanol–water partition coefficient (Wildman–Crippen LogP) is 3.48. The van der Waals surface area contributed by atoms with Gasteiger partial charge in [-0.05, 0) is 27.2 Å². The van der Waals surface area contributed by atoms with Crippen molar-refractivity contribution >= 4 is 11.9 Å². The third kappa shape index (κ3) is 4.71. The molecule has 4 nitrogen and oxygen atoms in total. The zero-order valence-corrected chi connectivity index (χ0v) is 12.6. The van der Waals surface area contributed by atoms with E-state index in [-0.39, 0.29) is 13.3 Å². The fourth-order valence-electron chi connectivity index (χ4n) is 1.04. The Bertz CT molecular complexity index is 439. The minimum atomic E-state index is -5.96. The van der Waals surface area contributed by atoms with Gasteiger partial charge in [-0.1, -0.05) is 6.92 Å². The average Bonchev–Trinajstić information content (AvgIpc) is 2.35. The Morgan fingerprint density at radius 2 is 1.35 bits per heavy atom. The van der Waals surface area contributed by atoms with Crippen molar-refractivity contribution < 1.29 is 49.8 Å². The smallest absolute Gasteiger partial charge is 0.437 e. The Kier molecular flexibility index (Phi) is 6.08. The lowest BCUT2D eigenvalue weighted by Gasteiger charge is -2.34. The Hall–Kier alpha value is -1.55. The molecule has 2 unspecified atom stereocenters. The number of ether oxygens (including phenoxy) is 2. The van der Waals surface area contributed by atoms with Crippen LogP contribution in [0.2, 0.25) is 0 Å². The average molecular weight is 356 g/mol. The third-order valence-corrected chi connectivity index (χ3v) is 3.09. The summed E-state index contributed by atoms with van der Waals surface area (Å²) in [6.45, 7) is 2.31. The van der Waals surface area contributed by atoms with E-state index in [1.54, 1.807) is 0 Å². The summed E-state index contributed by atoms with van der Waals surface area (Å²) in [5, 5.41) is 0. The molecule has 2 atom stereocenters. The van der Waals surface area contributed by atoms with Crippen LogP contribution in [-0.2, 0) is 19.1 Å². The number of esters is 2. The van der Waals surface area contributed by atoms with E-state index in [9.17, 15) is 40.3 Å². The Labute approximate surface area is 126 Å². The van der Waals surface area contributed by atoms with Gasteiger partial charge in [0, 0.05) is 0 Å². The second kappa shape index (κ2) is 6.52. The molecule has 136 valence electrons. The van der Waals surface area contributed by atoms with Crippen LogP contribution in [0.15, 0.2) is 0 Å². The van der Waals surface area contributed by atoms with Gasteiger partial charge < -0.3 is 9.47 Å². The van der Waals surface area contributed by atoms with E-state index >= 15 is 0 Å². The van der Waals surface area contributed by atoms with Gasteiger partial charge in [-0.25, -0.2) is 14.0 Å². The third-order valence-electron chi connectivity index (χ3n) is 3.09. The van der Waals surface area contributed by atoms with Crippen LogP contribution >= 0.6 is 0 Å². The second-order valence-electron chi connectivity index (χ2n) is 5.05. The Balaban J connectivity index is 5.21. The zero-order valence-electron chi connectivity index (χ0n) is 12.6. The van der Waals surface area contributed by atoms with Crippen LogP contribution in [0, 0.1) is 0 Å². The quantitative estimate of drug-likeness (QED) is 0.559. The highest BCUT2D eigenvalue weighted by Gasteiger charge is 2.71. The van der Waals surface area contributed by atoms with Gasteiger partial charge in [-0.2, -0.15) is 26.3 Å². The molecule has 0 aromatic carbocycles. The SMILES string of the molecule is CCC(C)(F)C(=O)OC(C)C(=O)OC(C)(C(F)(F)F)C(F)(F)F. The topological polar surface area (TPSA) is 52.6 Å². The normalized spacial score (nSPS) is 17.2. The molecule has 0 N–H and O–H groups in total. The molecule has 0 spiro atoms. The molecule has 0 amide bonds. The maximum Gasteiger partial charge on any atom is 0.437 e. The van der Waals surface area contributed by atoms with Gasteiger partial charge in [0.2, 0.25) is 5.67 Å². The molecule has 0 saturated carbocycles. The summed E-state index contributed by atoms with van der Waals surface area (Å²) in [4.78, 5) is 22.7. The van der Waals surface area contributed by atoms with E-state index in [0.717, 1.165) is 6.92 Å². The van der Waals surface area contributed by atoms with E-state index < -0.39 is 41.7 Å². The number of hydrogen-bond donors (Lipinski definition) is 0. The molecule has 0 rings (SSSR count). The van der Waals surface area contributed by atoms with Crippen molar-refractivity contribution in [2.24, 2.45) is 0 Å². The van der Waals surface area contributed by atoms with Gasteiger partial charge >= 0.3 is 24.3 Å². The maximum absolute atomic E-state index is 13.6. The van der Waals surface area contributed by atoms with Gasteiger partial charge in [0.15, 0.2) is 6.10 Å². The lowest BCUT2D eigenvalue weighted by molar-refractivity contribution is -0.364. The molecule has 0 radical (unpaired) electrons. The van der Waals surface area contributed by atoms with Gasteiger partial charge in [0.1, 0.15) is 0 Å². The fraction of sp³-hybridized carbons (Fsp3) is 0.833. The number of carbonyl (C=O) groups excluding carboxylic acids is 2. The molecule has 0 aromatic rings. The fourth-order valence-corrected chi connectivity index (χ4v) is 1.04. The monoisotopic (exact) mass is 356 g/mol. The number of hydrogen-bond acceptors (Lipinski definition) is 4. The van der Waals surface area contributed by atoms with Gasteiger partial charge in [-0.3, -0.25) is 0 Å². The molecule has 0 aliphatic rings. The van der Waals surface area contributed by atoms with Crippen molar-refractivity contribution in [2.45, 2.75) is 63.8 Å². The molecular formula is C12H15F7O4. The van der Waals surface area contributed by atoms with Crippen molar-refractivity contribution in [3.63, 3.8) is 0 Å². The van der Waals surface area contributed by atoms with Crippen molar-refractivity contribution in [1.29, 1.82) is 0 Å². The highest BCUT2D eigenvalue weighted by atomic mass is 19.4. The van der Waals surface area contributed by atoms with Crippen molar-refractivity contribution in [3.05, 3.63) is 0 Å². The predicted molar refractivity (Wildman–Crippen MR) is 62.0 cm³/mol. The lowest BCUT2D eigenvalue weighted by atomic mass is 10.1. The first-order valence-corrected chi connectivity index (χ1v) is 6.26. The minimum Gasteiger partial charge on any atom is -0.448 e. The van der Waals surface area contributed by atoms with E-state index in [4.69, 9.17) is 0 Å². The highest BCUT2D eigenvalue weighted by Crippen LogP contribution is 2.45. The summed E-state index contributed by atoms with van der Waals surface area (Å²) >= 11 is 0. The Morgan fingerprint density at radius 1 is 0.957 bits per heavy atom. The van der Waals surface area contributed by atoms with E-state index in [1.807, 2.05) is 0 Å². The lowest BCUT2D eigenvalue weighted by Crippen LogP contribution is -2.58. The van der Waals surface area contributed by atoms with Crippen molar-refractivity contribution in [2.75, 3.05) is 0 Å². The van der Waals surface area contributed by atoms with Gasteiger partial charge in [-0.15, -0.1) is 0 Å². The molecule has 0 aliphatic carbocycles. The minimum absolute atomic E-state index is 0.379. The second-order valence-corrected chi connectivity index (χ2v) is 5.05. The van der Waals surface area contributed by atoms with Crippen molar-refractivity contribution in [1.82, 2.24) is 0 Å². The molecule has 0 fully saturated rings. The number of alkyl halides is 7. The standard InChI is InChI=1S/C12H15F7O4/c1-5-9(3,13)8(21)22-6(2)7(20)23-10(4,11(14,15)16)12(17,18)19/h6H,5H2,1-4H3. The first-order chi connectivity index (χ1) is 9.99. The molecular weight excluding hydrogens is 341 g/mol. The first kappa shape index (κ1) is 21.4. The largest absolute Gasteiger partial charge is 0.448 e. The van der Waals surface area contributed by atoms with Crippen LogP contribution in [-0.4, -0.2) is 41.7 Å². The molecule has 23 heavy (non-hydrogen) atoms. The van der Waals surface area contributed by atoms with E-state index in [0.29, 0.717) is 6.92 Å². The maximum atomic E-state index is 13.6. The number of halogens is 7. The molecule has 0 heterocycles. The molecule has 0 aliphatic heterocycles. The van der Waals surface area contributed by atoms with Crippen LogP contribution in [0.1, 0.15) is 34.1 Å². The van der Waals surface area contributed by atoms with Gasteiger partial charge in [0.05, 0.1) is 0 Å². The molecule has 11 heteroatoms. The number of carbonyl (C=O) groups is 2. The molecule has 0 saturated heterocycles. The summed E-state index contributed by atoms with van der Waals surface area (Å²) in [7, 11) is 0. The van der Waals surface area contributed by atoms with Crippen LogP contribution in [0.5, 0.6) is 0 Å². The molecule has 0 bridgehead atoms. The molecule has 0 aromatic heterocycles. The van der Waals surface area contributed by atoms with Crippen LogP contribution in [0.4, 0.5) is 30.7 Å². The summed E-state index contributed by atoms with van der Waals surface area (Å²) in [5.41, 5.74) is -7.34. The summed E-state index contributed by atoms with van der Waals surface area (Å²) in [5.74, 6) is -3.72. The van der Waals surface area contributed by atoms with E-state index in [1.165, 1.54) is 6.92 Å².